The van der Waals surface area contributed by atoms with Crippen LogP contribution in [0, 0.1) is 17.8 Å². The van der Waals surface area contributed by atoms with E-state index >= 15 is 0 Å². The molecule has 2 saturated heterocycles. The predicted molar refractivity (Wildman–Crippen MR) is 156 cm³/mol. The Morgan fingerprint density at radius 2 is 1.66 bits per heavy atom. The lowest BCUT2D eigenvalue weighted by atomic mass is 9.74. The first kappa shape index (κ1) is 28.3. The zero-order valence-electron chi connectivity index (χ0n) is 24.5. The molecule has 1 spiro atoms. The van der Waals surface area contributed by atoms with Gasteiger partial charge in [0.1, 0.15) is 17.4 Å². The molecule has 8 nitrogen and oxygen atoms in total. The van der Waals surface area contributed by atoms with Gasteiger partial charge in [-0.2, -0.15) is 0 Å². The van der Waals surface area contributed by atoms with Crippen molar-refractivity contribution in [2.45, 2.75) is 114 Å². The second-order valence-electron chi connectivity index (χ2n) is 12.8. The van der Waals surface area contributed by atoms with Gasteiger partial charge in [-0.1, -0.05) is 64.0 Å². The van der Waals surface area contributed by atoms with Gasteiger partial charge in [0.2, 0.25) is 17.7 Å². The van der Waals surface area contributed by atoms with Crippen LogP contribution in [-0.2, 0) is 19.1 Å². The van der Waals surface area contributed by atoms with Crippen molar-refractivity contribution in [1.29, 1.82) is 0 Å². The first-order valence-electron chi connectivity index (χ1n) is 16.0. The van der Waals surface area contributed by atoms with Crippen LogP contribution in [0.5, 0.6) is 5.75 Å². The standard InChI is InChI=1S/C33H45N3O5/c1-3-40-24-17-15-22(16-18-24)34-30(37)27-26-19-20-33(41-26)28(27)32(39)36(23-12-7-5-4-6-8-13-23)29(33)31(38)35-25-14-10-9-11-21(25)2/h15-21,23,25-29H,3-14H2,1-2H3,(H,34,37)(H,35,38)/t21-,25+,26-,27+,28-,29-,33-/m1/s1. The molecule has 2 saturated carbocycles. The highest BCUT2D eigenvalue weighted by atomic mass is 16.5. The molecular formula is C33H45N3O5. The molecule has 7 atom stereocenters. The first-order valence-corrected chi connectivity index (χ1v) is 16.0. The highest BCUT2D eigenvalue weighted by molar-refractivity contribution is 6.03. The predicted octanol–water partition coefficient (Wildman–Crippen LogP) is 4.98. The molecule has 222 valence electrons. The van der Waals surface area contributed by atoms with Gasteiger partial charge in [-0.05, 0) is 62.8 Å². The molecule has 0 unspecified atom stereocenters. The van der Waals surface area contributed by atoms with Gasteiger partial charge in [0.05, 0.1) is 24.5 Å². The highest BCUT2D eigenvalue weighted by Crippen LogP contribution is 2.56. The van der Waals surface area contributed by atoms with Crippen LogP contribution in [0.25, 0.3) is 0 Å². The third-order valence-electron chi connectivity index (χ3n) is 10.2. The Morgan fingerprint density at radius 3 is 2.37 bits per heavy atom. The van der Waals surface area contributed by atoms with E-state index in [2.05, 4.69) is 17.6 Å². The van der Waals surface area contributed by atoms with Gasteiger partial charge in [0.25, 0.3) is 0 Å². The number of benzene rings is 1. The minimum atomic E-state index is -1.12. The van der Waals surface area contributed by atoms with Gasteiger partial charge in [-0.15, -0.1) is 0 Å². The molecule has 2 N–H and O–H groups in total. The summed E-state index contributed by atoms with van der Waals surface area (Å²) in [6, 6.07) is 6.57. The smallest absolute Gasteiger partial charge is 0.246 e. The van der Waals surface area contributed by atoms with Gasteiger partial charge in [-0.25, -0.2) is 0 Å². The summed E-state index contributed by atoms with van der Waals surface area (Å²) in [4.78, 5) is 44.4. The summed E-state index contributed by atoms with van der Waals surface area (Å²) < 4.78 is 12.1. The van der Waals surface area contributed by atoms with E-state index in [1.165, 1.54) is 12.8 Å². The van der Waals surface area contributed by atoms with Crippen molar-refractivity contribution in [3.05, 3.63) is 36.4 Å². The summed E-state index contributed by atoms with van der Waals surface area (Å²) in [5, 5.41) is 6.38. The van der Waals surface area contributed by atoms with E-state index in [1.807, 2.05) is 36.1 Å². The molecule has 2 aliphatic carbocycles. The Bertz CT molecular complexity index is 1160. The summed E-state index contributed by atoms with van der Waals surface area (Å²) in [6.07, 6.45) is 15.0. The SMILES string of the molecule is CCOc1ccc(NC(=O)[C@H]2[C@H]3C=C[C@@]4(O3)[C@H]2C(=O)N(C2CCCCCCC2)[C@@H]4C(=O)N[C@H]2CCCC[C@H]2C)cc1. The Balaban J connectivity index is 1.29. The normalized spacial score (nSPS) is 35.1. The topological polar surface area (TPSA) is 97.0 Å². The molecule has 0 radical (unpaired) electrons. The van der Waals surface area contributed by atoms with Crippen LogP contribution in [0.15, 0.2) is 36.4 Å². The number of carbonyl (C=O) groups is 3. The minimum Gasteiger partial charge on any atom is -0.494 e. The number of nitrogens with zero attached hydrogens (tertiary/aromatic N) is 1. The Labute approximate surface area is 243 Å². The zero-order valence-corrected chi connectivity index (χ0v) is 24.5. The Kier molecular flexibility index (Phi) is 8.12. The number of ether oxygens (including phenoxy) is 2. The molecule has 0 aromatic heterocycles. The van der Waals surface area contributed by atoms with E-state index in [1.54, 1.807) is 12.1 Å². The molecule has 6 rings (SSSR count). The first-order chi connectivity index (χ1) is 19.9. The highest BCUT2D eigenvalue weighted by Gasteiger charge is 2.73. The van der Waals surface area contributed by atoms with Crippen molar-refractivity contribution in [1.82, 2.24) is 10.2 Å². The number of fused-ring (bicyclic) bond motifs is 1. The molecule has 8 heteroatoms. The quantitative estimate of drug-likeness (QED) is 0.456. The van der Waals surface area contributed by atoms with Gasteiger partial charge in [0, 0.05) is 17.8 Å². The van der Waals surface area contributed by atoms with Gasteiger partial charge in [-0.3, -0.25) is 14.4 Å². The monoisotopic (exact) mass is 563 g/mol. The summed E-state index contributed by atoms with van der Waals surface area (Å²) in [5.74, 6) is -0.754. The van der Waals surface area contributed by atoms with Crippen LogP contribution in [0.1, 0.15) is 84.5 Å². The van der Waals surface area contributed by atoms with Crippen LogP contribution in [0.3, 0.4) is 0 Å². The lowest BCUT2D eigenvalue weighted by Crippen LogP contribution is -2.59. The van der Waals surface area contributed by atoms with Crippen molar-refractivity contribution in [2.75, 3.05) is 11.9 Å². The molecule has 1 aromatic carbocycles. The number of rotatable bonds is 7. The molecule has 2 bridgehead atoms. The minimum absolute atomic E-state index is 0.0202. The third kappa shape index (κ3) is 5.17. The van der Waals surface area contributed by atoms with E-state index < -0.39 is 29.6 Å². The van der Waals surface area contributed by atoms with E-state index in [9.17, 15) is 14.4 Å². The Morgan fingerprint density at radius 1 is 0.976 bits per heavy atom. The summed E-state index contributed by atoms with van der Waals surface area (Å²) >= 11 is 0. The zero-order chi connectivity index (χ0) is 28.6. The molecule has 3 amide bonds. The van der Waals surface area contributed by atoms with Crippen molar-refractivity contribution in [3.8, 4) is 5.75 Å². The second-order valence-corrected chi connectivity index (χ2v) is 12.8. The summed E-state index contributed by atoms with van der Waals surface area (Å²) in [7, 11) is 0. The largest absolute Gasteiger partial charge is 0.494 e. The third-order valence-corrected chi connectivity index (χ3v) is 10.2. The van der Waals surface area contributed by atoms with E-state index in [-0.39, 0.29) is 29.8 Å². The molecule has 1 aromatic rings. The fraction of sp³-hybridized carbons (Fsp3) is 0.667. The number of hydrogen-bond acceptors (Lipinski definition) is 5. The molecule has 5 aliphatic rings. The number of carbonyl (C=O) groups excluding carboxylic acids is 3. The van der Waals surface area contributed by atoms with Gasteiger partial charge in [0.15, 0.2) is 0 Å². The van der Waals surface area contributed by atoms with Crippen LogP contribution >= 0.6 is 0 Å². The van der Waals surface area contributed by atoms with E-state index in [0.29, 0.717) is 18.2 Å². The van der Waals surface area contributed by atoms with E-state index in [0.717, 1.165) is 63.5 Å². The number of likely N-dealkylation sites (tertiary alicyclic amines) is 1. The summed E-state index contributed by atoms with van der Waals surface area (Å²) in [5.41, 5.74) is -0.477. The fourth-order valence-corrected chi connectivity index (χ4v) is 8.13. The number of anilines is 1. The van der Waals surface area contributed by atoms with Crippen molar-refractivity contribution in [2.24, 2.45) is 17.8 Å². The Hall–Kier alpha value is -2.87. The number of nitrogens with one attached hydrogen (secondary N) is 2. The summed E-state index contributed by atoms with van der Waals surface area (Å²) in [6.45, 7) is 4.70. The van der Waals surface area contributed by atoms with Crippen LogP contribution in [0.2, 0.25) is 0 Å². The molecule has 41 heavy (non-hydrogen) atoms. The molecule has 3 heterocycles. The molecule has 4 fully saturated rings. The van der Waals surface area contributed by atoms with Crippen molar-refractivity contribution in [3.63, 3.8) is 0 Å². The van der Waals surface area contributed by atoms with Crippen LogP contribution in [-0.4, -0.2) is 59.1 Å². The van der Waals surface area contributed by atoms with Crippen LogP contribution in [0.4, 0.5) is 5.69 Å². The molecular weight excluding hydrogens is 518 g/mol. The average Bonchev–Trinajstić information content (AvgIpc) is 3.59. The van der Waals surface area contributed by atoms with Gasteiger partial charge < -0.3 is 25.0 Å². The van der Waals surface area contributed by atoms with Gasteiger partial charge >= 0.3 is 0 Å². The maximum Gasteiger partial charge on any atom is 0.246 e. The van der Waals surface area contributed by atoms with Crippen LogP contribution < -0.4 is 15.4 Å². The van der Waals surface area contributed by atoms with Crippen molar-refractivity contribution < 1.29 is 23.9 Å². The number of amides is 3. The fourth-order valence-electron chi connectivity index (χ4n) is 8.13. The van der Waals surface area contributed by atoms with E-state index in [4.69, 9.17) is 9.47 Å². The number of hydrogen-bond donors (Lipinski definition) is 2. The average molecular weight is 564 g/mol. The maximum atomic E-state index is 14.5. The van der Waals surface area contributed by atoms with Crippen molar-refractivity contribution >= 4 is 23.4 Å². The molecule has 3 aliphatic heterocycles. The second kappa shape index (κ2) is 11.8. The lowest BCUT2D eigenvalue weighted by molar-refractivity contribution is -0.144. The maximum absolute atomic E-state index is 14.5. The lowest BCUT2D eigenvalue weighted by Gasteiger charge is -2.39.